The fraction of sp³-hybridized carbons (Fsp3) is 0.231. The molecule has 146 valence electrons. The fourth-order valence-electron chi connectivity index (χ4n) is 4.75. The molecule has 5 rings (SSSR count). The van der Waals surface area contributed by atoms with Crippen molar-refractivity contribution in [3.63, 3.8) is 0 Å². The molecular weight excluding hydrogens is 369 g/mol. The van der Waals surface area contributed by atoms with E-state index >= 15 is 0 Å². The highest BCUT2D eigenvalue weighted by Gasteiger charge is 2.30. The summed E-state index contributed by atoms with van der Waals surface area (Å²) >= 11 is 0. The third-order valence-corrected chi connectivity index (χ3v) is 6.26. The molecule has 0 fully saturated rings. The van der Waals surface area contributed by atoms with Gasteiger partial charge in [-0.2, -0.15) is 13.2 Å². The Hall–Kier alpha value is -2.81. The van der Waals surface area contributed by atoms with Gasteiger partial charge in [-0.05, 0) is 71.4 Å². The first-order valence-electron chi connectivity index (χ1n) is 10.00. The Morgan fingerprint density at radius 1 is 0.897 bits per heavy atom. The van der Waals surface area contributed by atoms with E-state index in [1.54, 1.807) is 12.1 Å². The first kappa shape index (κ1) is 18.2. The summed E-state index contributed by atoms with van der Waals surface area (Å²) in [6.07, 6.45) is 2.95. The number of halogens is 3. The Labute approximate surface area is 168 Å². The summed E-state index contributed by atoms with van der Waals surface area (Å²) in [5.74, 6) is 0.140. The minimum Gasteiger partial charge on any atom is -0.166 e. The van der Waals surface area contributed by atoms with E-state index in [4.69, 9.17) is 0 Å². The molecule has 0 saturated heterocycles. The molecule has 0 aromatic heterocycles. The lowest BCUT2D eigenvalue weighted by molar-refractivity contribution is -0.137. The van der Waals surface area contributed by atoms with Crippen LogP contribution in [0.15, 0.2) is 72.3 Å². The van der Waals surface area contributed by atoms with E-state index < -0.39 is 11.7 Å². The van der Waals surface area contributed by atoms with Crippen molar-refractivity contribution in [2.45, 2.75) is 38.3 Å². The molecule has 3 aromatic rings. The molecule has 0 radical (unpaired) electrons. The molecule has 0 nitrogen and oxygen atoms in total. The normalized spacial score (nSPS) is 18.7. The Morgan fingerprint density at radius 3 is 2.45 bits per heavy atom. The predicted molar refractivity (Wildman–Crippen MR) is 112 cm³/mol. The fourth-order valence-corrected chi connectivity index (χ4v) is 4.75. The summed E-state index contributed by atoms with van der Waals surface area (Å²) in [6.45, 7) is 2.12. The summed E-state index contributed by atoms with van der Waals surface area (Å²) in [6, 6.07) is 16.7. The zero-order valence-electron chi connectivity index (χ0n) is 16.2. The van der Waals surface area contributed by atoms with Gasteiger partial charge in [0.1, 0.15) is 0 Å². The van der Waals surface area contributed by atoms with Gasteiger partial charge in [0.05, 0.1) is 5.56 Å². The van der Waals surface area contributed by atoms with Crippen molar-refractivity contribution in [2.24, 2.45) is 0 Å². The van der Waals surface area contributed by atoms with Gasteiger partial charge in [0.25, 0.3) is 0 Å². The van der Waals surface area contributed by atoms with Crippen LogP contribution in [0.5, 0.6) is 0 Å². The quantitative estimate of drug-likeness (QED) is 0.401. The molecule has 0 saturated carbocycles. The monoisotopic (exact) mass is 390 g/mol. The minimum atomic E-state index is -4.29. The first-order chi connectivity index (χ1) is 13.9. The van der Waals surface area contributed by atoms with Crippen molar-refractivity contribution in [3.05, 3.63) is 100 Å². The molecule has 0 N–H and O–H groups in total. The standard InChI is InChI=1S/C26H21F3/c1-16-2-10-22-19(14-16)6-12-25-23-11-5-18(15-20(23)7-13-24(22)25)17-3-8-21(9-4-17)26(27,28)29/h2-6,8-12,14,18H,7,13,15H2,1H3/t18-/m1/s1. The van der Waals surface area contributed by atoms with Crippen LogP contribution in [0, 0.1) is 6.92 Å². The second-order valence-corrected chi connectivity index (χ2v) is 8.12. The van der Waals surface area contributed by atoms with Crippen LogP contribution < -0.4 is 0 Å². The van der Waals surface area contributed by atoms with Crippen molar-refractivity contribution >= 4 is 16.3 Å². The van der Waals surface area contributed by atoms with Gasteiger partial charge in [-0.25, -0.2) is 0 Å². The van der Waals surface area contributed by atoms with Crippen LogP contribution >= 0.6 is 0 Å². The molecule has 0 amide bonds. The average molecular weight is 390 g/mol. The van der Waals surface area contributed by atoms with E-state index in [0.29, 0.717) is 0 Å². The maximum Gasteiger partial charge on any atom is 0.416 e. The zero-order valence-corrected chi connectivity index (χ0v) is 16.2. The molecular formula is C26H21F3. The van der Waals surface area contributed by atoms with Crippen LogP contribution in [0.2, 0.25) is 0 Å². The van der Waals surface area contributed by atoms with E-state index in [9.17, 15) is 13.2 Å². The molecule has 0 unspecified atom stereocenters. The van der Waals surface area contributed by atoms with Crippen LogP contribution in [0.4, 0.5) is 13.2 Å². The third-order valence-electron chi connectivity index (χ3n) is 6.26. The number of aryl methyl sites for hydroxylation is 2. The Kier molecular flexibility index (Phi) is 4.16. The maximum atomic E-state index is 12.8. The molecule has 29 heavy (non-hydrogen) atoms. The molecule has 3 aromatic carbocycles. The largest absolute Gasteiger partial charge is 0.416 e. The second kappa shape index (κ2) is 6.62. The van der Waals surface area contributed by atoms with Crippen LogP contribution in [0.1, 0.15) is 46.6 Å². The number of alkyl halides is 3. The number of benzene rings is 3. The van der Waals surface area contributed by atoms with Gasteiger partial charge < -0.3 is 0 Å². The summed E-state index contributed by atoms with van der Waals surface area (Å²) in [5, 5.41) is 2.62. The number of allylic oxidation sites excluding steroid dienone is 4. The van der Waals surface area contributed by atoms with Crippen LogP contribution in [0.3, 0.4) is 0 Å². The SMILES string of the molecule is Cc1ccc2c3c(ccc2c1)C1=C(CC3)C[C@H](c2ccc(C(F)(F)F)cc2)C=C1. The highest BCUT2D eigenvalue weighted by molar-refractivity contribution is 5.94. The zero-order chi connectivity index (χ0) is 20.2. The van der Waals surface area contributed by atoms with E-state index in [2.05, 4.69) is 49.4 Å². The van der Waals surface area contributed by atoms with Crippen molar-refractivity contribution in [1.29, 1.82) is 0 Å². The summed E-state index contributed by atoms with van der Waals surface area (Å²) in [7, 11) is 0. The summed E-state index contributed by atoms with van der Waals surface area (Å²) in [4.78, 5) is 0. The molecule has 2 aliphatic carbocycles. The van der Waals surface area contributed by atoms with Gasteiger partial charge in [0, 0.05) is 5.92 Å². The van der Waals surface area contributed by atoms with E-state index in [1.165, 1.54) is 50.7 Å². The van der Waals surface area contributed by atoms with Crippen molar-refractivity contribution < 1.29 is 13.2 Å². The third kappa shape index (κ3) is 3.19. The average Bonchev–Trinajstić information content (AvgIpc) is 2.72. The smallest absolute Gasteiger partial charge is 0.166 e. The second-order valence-electron chi connectivity index (χ2n) is 8.12. The molecule has 0 aliphatic heterocycles. The Morgan fingerprint density at radius 2 is 1.69 bits per heavy atom. The van der Waals surface area contributed by atoms with Gasteiger partial charge in [-0.1, -0.05) is 65.8 Å². The van der Waals surface area contributed by atoms with Crippen molar-refractivity contribution in [1.82, 2.24) is 0 Å². The van der Waals surface area contributed by atoms with Gasteiger partial charge in [-0.15, -0.1) is 0 Å². The summed E-state index contributed by atoms with van der Waals surface area (Å²) < 4.78 is 38.5. The Balaban J connectivity index is 1.47. The lowest BCUT2D eigenvalue weighted by Gasteiger charge is -2.29. The maximum absolute atomic E-state index is 12.8. The van der Waals surface area contributed by atoms with Gasteiger partial charge in [0.2, 0.25) is 0 Å². The van der Waals surface area contributed by atoms with E-state index in [0.717, 1.165) is 24.8 Å². The van der Waals surface area contributed by atoms with Crippen molar-refractivity contribution in [3.8, 4) is 0 Å². The molecule has 0 spiro atoms. The van der Waals surface area contributed by atoms with Gasteiger partial charge >= 0.3 is 6.18 Å². The van der Waals surface area contributed by atoms with Crippen molar-refractivity contribution in [2.75, 3.05) is 0 Å². The lowest BCUT2D eigenvalue weighted by Crippen LogP contribution is -2.11. The number of hydrogen-bond donors (Lipinski definition) is 0. The molecule has 0 bridgehead atoms. The number of fused-ring (bicyclic) bond motifs is 4. The summed E-state index contributed by atoms with van der Waals surface area (Å²) in [5.41, 5.74) is 7.07. The number of rotatable bonds is 1. The highest BCUT2D eigenvalue weighted by atomic mass is 19.4. The van der Waals surface area contributed by atoms with E-state index in [-0.39, 0.29) is 5.92 Å². The first-order valence-corrected chi connectivity index (χ1v) is 10.00. The highest BCUT2D eigenvalue weighted by Crippen LogP contribution is 2.43. The van der Waals surface area contributed by atoms with Gasteiger partial charge in [-0.3, -0.25) is 0 Å². The van der Waals surface area contributed by atoms with Crippen LogP contribution in [-0.2, 0) is 12.6 Å². The predicted octanol–water partition coefficient (Wildman–Crippen LogP) is 7.61. The van der Waals surface area contributed by atoms with E-state index in [1.807, 2.05) is 0 Å². The van der Waals surface area contributed by atoms with Crippen LogP contribution in [-0.4, -0.2) is 0 Å². The Bertz CT molecular complexity index is 1160. The molecule has 2 aliphatic rings. The minimum absolute atomic E-state index is 0.140. The molecule has 3 heteroatoms. The van der Waals surface area contributed by atoms with Gasteiger partial charge in [0.15, 0.2) is 0 Å². The number of hydrogen-bond acceptors (Lipinski definition) is 0. The topological polar surface area (TPSA) is 0 Å². The lowest BCUT2D eigenvalue weighted by atomic mass is 9.75. The molecule has 0 heterocycles. The van der Waals surface area contributed by atoms with Crippen LogP contribution in [0.25, 0.3) is 16.3 Å². The molecule has 1 atom stereocenters.